The van der Waals surface area contributed by atoms with Gasteiger partial charge in [0.25, 0.3) is 5.91 Å². The Bertz CT molecular complexity index is 1100. The number of fused-ring (bicyclic) bond motifs is 1. The molecule has 2 amide bonds. The van der Waals surface area contributed by atoms with E-state index in [4.69, 9.17) is 11.5 Å². The van der Waals surface area contributed by atoms with E-state index in [2.05, 4.69) is 27.4 Å². The molecule has 0 bridgehead atoms. The highest BCUT2D eigenvalue weighted by Crippen LogP contribution is 2.19. The van der Waals surface area contributed by atoms with Crippen LogP contribution in [0.5, 0.6) is 0 Å². The SMILES string of the molecule is C=C(N)N/N=C(\C)c1ccc2[nH]c(C(=O)Nc3ccc(C(N)=O)cc3)cc2c1. The van der Waals surface area contributed by atoms with E-state index in [9.17, 15) is 9.59 Å². The largest absolute Gasteiger partial charge is 0.385 e. The van der Waals surface area contributed by atoms with E-state index in [0.717, 1.165) is 22.2 Å². The van der Waals surface area contributed by atoms with Gasteiger partial charge in [-0.1, -0.05) is 12.6 Å². The second-order valence-electron chi connectivity index (χ2n) is 6.22. The number of aromatic nitrogens is 1. The van der Waals surface area contributed by atoms with Crippen molar-refractivity contribution in [3.05, 3.63) is 77.8 Å². The summed E-state index contributed by atoms with van der Waals surface area (Å²) in [5.74, 6) is -0.560. The Morgan fingerprint density at radius 1 is 1.04 bits per heavy atom. The first kappa shape index (κ1) is 18.7. The van der Waals surface area contributed by atoms with Gasteiger partial charge in [-0.3, -0.25) is 15.0 Å². The number of hydrazone groups is 1. The number of aromatic amines is 1. The molecule has 0 radical (unpaired) electrons. The van der Waals surface area contributed by atoms with Crippen molar-refractivity contribution in [3.8, 4) is 0 Å². The number of carbonyl (C=O) groups is 2. The topological polar surface area (TPSA) is 138 Å². The number of hydrogen-bond acceptors (Lipinski definition) is 5. The van der Waals surface area contributed by atoms with Crippen molar-refractivity contribution < 1.29 is 9.59 Å². The number of nitrogens with one attached hydrogen (secondary N) is 3. The minimum absolute atomic E-state index is 0.255. The fourth-order valence-corrected chi connectivity index (χ4v) is 2.62. The van der Waals surface area contributed by atoms with Gasteiger partial charge in [0.1, 0.15) is 11.5 Å². The molecule has 3 aromatic rings. The second kappa shape index (κ2) is 7.67. The maximum atomic E-state index is 12.5. The minimum atomic E-state index is -0.519. The fourth-order valence-electron chi connectivity index (χ4n) is 2.62. The molecule has 0 saturated heterocycles. The Morgan fingerprint density at radius 2 is 1.71 bits per heavy atom. The highest BCUT2D eigenvalue weighted by molar-refractivity contribution is 6.07. The first-order valence-corrected chi connectivity index (χ1v) is 8.42. The molecule has 0 aliphatic heterocycles. The predicted molar refractivity (Wildman–Crippen MR) is 110 cm³/mol. The van der Waals surface area contributed by atoms with Gasteiger partial charge >= 0.3 is 0 Å². The van der Waals surface area contributed by atoms with Gasteiger partial charge in [0.15, 0.2) is 0 Å². The third-order valence-corrected chi connectivity index (χ3v) is 4.08. The van der Waals surface area contributed by atoms with Crippen LogP contribution in [0.2, 0.25) is 0 Å². The summed E-state index contributed by atoms with van der Waals surface area (Å²) in [6, 6.07) is 13.8. The summed E-state index contributed by atoms with van der Waals surface area (Å²) >= 11 is 0. The molecule has 0 aliphatic rings. The number of hydrogen-bond donors (Lipinski definition) is 5. The van der Waals surface area contributed by atoms with Gasteiger partial charge in [0, 0.05) is 22.2 Å². The molecule has 3 rings (SSSR count). The van der Waals surface area contributed by atoms with Crippen LogP contribution in [0.3, 0.4) is 0 Å². The molecule has 0 spiro atoms. The van der Waals surface area contributed by atoms with Crippen LogP contribution in [-0.4, -0.2) is 22.5 Å². The summed E-state index contributed by atoms with van der Waals surface area (Å²) in [6.07, 6.45) is 0. The Kier molecular flexibility index (Phi) is 5.12. The summed E-state index contributed by atoms with van der Waals surface area (Å²) < 4.78 is 0. The van der Waals surface area contributed by atoms with Crippen LogP contribution in [0.15, 0.2) is 66.0 Å². The summed E-state index contributed by atoms with van der Waals surface area (Å²) in [7, 11) is 0. The van der Waals surface area contributed by atoms with Gasteiger partial charge < -0.3 is 21.8 Å². The van der Waals surface area contributed by atoms with Gasteiger partial charge in [-0.05, 0) is 55.0 Å². The molecule has 0 atom stereocenters. The maximum absolute atomic E-state index is 12.5. The lowest BCUT2D eigenvalue weighted by Gasteiger charge is -2.04. The van der Waals surface area contributed by atoms with E-state index in [-0.39, 0.29) is 11.7 Å². The zero-order chi connectivity index (χ0) is 20.3. The smallest absolute Gasteiger partial charge is 0.272 e. The molecule has 142 valence electrons. The van der Waals surface area contributed by atoms with E-state index in [0.29, 0.717) is 16.9 Å². The van der Waals surface area contributed by atoms with E-state index in [1.807, 2.05) is 25.1 Å². The number of anilines is 1. The number of benzene rings is 2. The lowest BCUT2D eigenvalue weighted by atomic mass is 10.1. The molecular formula is C20H20N6O2. The predicted octanol–water partition coefficient (Wildman–Crippen LogP) is 2.26. The van der Waals surface area contributed by atoms with Crippen LogP contribution in [-0.2, 0) is 0 Å². The monoisotopic (exact) mass is 376 g/mol. The van der Waals surface area contributed by atoms with Crippen LogP contribution in [0.4, 0.5) is 5.69 Å². The van der Waals surface area contributed by atoms with E-state index < -0.39 is 5.91 Å². The zero-order valence-electron chi connectivity index (χ0n) is 15.2. The number of primary amides is 1. The third kappa shape index (κ3) is 4.18. The van der Waals surface area contributed by atoms with Crippen LogP contribution in [0, 0.1) is 0 Å². The minimum Gasteiger partial charge on any atom is -0.385 e. The average molecular weight is 376 g/mol. The molecule has 1 aromatic heterocycles. The van der Waals surface area contributed by atoms with Gasteiger partial charge in [-0.15, -0.1) is 0 Å². The molecule has 0 aliphatic carbocycles. The molecule has 8 heteroatoms. The summed E-state index contributed by atoms with van der Waals surface area (Å²) in [6.45, 7) is 5.37. The van der Waals surface area contributed by atoms with E-state index in [1.165, 1.54) is 0 Å². The summed E-state index contributed by atoms with van der Waals surface area (Å²) in [5, 5.41) is 7.78. The fraction of sp³-hybridized carbons (Fsp3) is 0.0500. The zero-order valence-corrected chi connectivity index (χ0v) is 15.2. The summed E-state index contributed by atoms with van der Waals surface area (Å²) in [5.41, 5.74) is 17.1. The molecule has 2 aromatic carbocycles. The van der Waals surface area contributed by atoms with Crippen LogP contribution in [0.25, 0.3) is 10.9 Å². The first-order valence-electron chi connectivity index (χ1n) is 8.42. The number of rotatable bonds is 6. The lowest BCUT2D eigenvalue weighted by molar-refractivity contribution is 0.0998. The number of H-pyrrole nitrogens is 1. The Balaban J connectivity index is 1.79. The molecule has 8 nitrogen and oxygen atoms in total. The van der Waals surface area contributed by atoms with Crippen molar-refractivity contribution in [2.45, 2.75) is 6.92 Å². The molecule has 28 heavy (non-hydrogen) atoms. The van der Waals surface area contributed by atoms with Crippen molar-refractivity contribution in [3.63, 3.8) is 0 Å². The highest BCUT2D eigenvalue weighted by atomic mass is 16.2. The normalized spacial score (nSPS) is 11.2. The van der Waals surface area contributed by atoms with E-state index >= 15 is 0 Å². The van der Waals surface area contributed by atoms with Gasteiger partial charge in [-0.2, -0.15) is 5.10 Å². The Hall–Kier alpha value is -4.07. The number of carbonyl (C=O) groups excluding carboxylic acids is 2. The van der Waals surface area contributed by atoms with Crippen molar-refractivity contribution in [1.82, 2.24) is 10.4 Å². The maximum Gasteiger partial charge on any atom is 0.272 e. The van der Waals surface area contributed by atoms with Crippen LogP contribution < -0.4 is 22.2 Å². The van der Waals surface area contributed by atoms with E-state index in [1.54, 1.807) is 30.3 Å². The third-order valence-electron chi connectivity index (χ3n) is 4.08. The quantitative estimate of drug-likeness (QED) is 0.333. The average Bonchev–Trinajstić information content (AvgIpc) is 3.10. The highest BCUT2D eigenvalue weighted by Gasteiger charge is 2.11. The van der Waals surface area contributed by atoms with Crippen LogP contribution in [0.1, 0.15) is 33.3 Å². The molecule has 0 unspecified atom stereocenters. The summed E-state index contributed by atoms with van der Waals surface area (Å²) in [4.78, 5) is 26.7. The molecular weight excluding hydrogens is 356 g/mol. The van der Waals surface area contributed by atoms with Gasteiger partial charge in [0.05, 0.1) is 5.71 Å². The Labute approximate surface area is 161 Å². The molecule has 7 N–H and O–H groups in total. The van der Waals surface area contributed by atoms with Crippen LogP contribution >= 0.6 is 0 Å². The number of nitrogens with two attached hydrogens (primary N) is 2. The molecule has 0 fully saturated rings. The van der Waals surface area contributed by atoms with Gasteiger partial charge in [-0.25, -0.2) is 0 Å². The molecule has 1 heterocycles. The number of amides is 2. The second-order valence-corrected chi connectivity index (χ2v) is 6.22. The standard InChI is InChI=1S/C20H20N6O2/c1-11(25-26-12(2)21)14-5-8-17-15(9-14)10-18(24-17)20(28)23-16-6-3-13(4-7-16)19(22)27/h3-10,24,26H,2,21H2,1H3,(H2,22,27)(H,23,28)/b25-11+. The number of nitrogens with zero attached hydrogens (tertiary/aromatic N) is 1. The van der Waals surface area contributed by atoms with Crippen molar-refractivity contribution in [1.29, 1.82) is 0 Å². The van der Waals surface area contributed by atoms with Crippen molar-refractivity contribution in [2.75, 3.05) is 5.32 Å². The van der Waals surface area contributed by atoms with Crippen molar-refractivity contribution in [2.24, 2.45) is 16.6 Å². The lowest BCUT2D eigenvalue weighted by Crippen LogP contribution is -2.14. The van der Waals surface area contributed by atoms with Crippen molar-refractivity contribution >= 4 is 34.1 Å². The Morgan fingerprint density at radius 3 is 2.36 bits per heavy atom. The van der Waals surface area contributed by atoms with Gasteiger partial charge in [0.2, 0.25) is 5.91 Å². The first-order chi connectivity index (χ1) is 13.3. The molecule has 0 saturated carbocycles.